The summed E-state index contributed by atoms with van der Waals surface area (Å²) in [5.41, 5.74) is 0. The first-order chi connectivity index (χ1) is 7.99. The van der Waals surface area contributed by atoms with Crippen LogP contribution in [0.5, 0.6) is 0 Å². The number of amides is 2. The summed E-state index contributed by atoms with van der Waals surface area (Å²) in [5.74, 6) is -0.846. The first-order valence-electron chi connectivity index (χ1n) is 5.29. The van der Waals surface area contributed by atoms with E-state index in [9.17, 15) is 9.59 Å². The summed E-state index contributed by atoms with van der Waals surface area (Å²) >= 11 is 5.54. The van der Waals surface area contributed by atoms with E-state index in [0.717, 1.165) is 0 Å². The molecule has 1 aliphatic rings. The molecule has 0 aromatic heterocycles. The molecule has 1 heterocycles. The van der Waals surface area contributed by atoms with Gasteiger partial charge >= 0.3 is 12.0 Å². The molecule has 1 saturated heterocycles. The third-order valence-corrected chi connectivity index (χ3v) is 2.58. The average molecular weight is 262 g/mol. The van der Waals surface area contributed by atoms with Crippen molar-refractivity contribution in [3.05, 3.63) is 11.6 Å². The van der Waals surface area contributed by atoms with Gasteiger partial charge in [0, 0.05) is 31.2 Å². The summed E-state index contributed by atoms with van der Waals surface area (Å²) < 4.78 is 0. The van der Waals surface area contributed by atoms with Crippen molar-refractivity contribution >= 4 is 23.6 Å². The van der Waals surface area contributed by atoms with Gasteiger partial charge in [-0.1, -0.05) is 18.2 Å². The molecule has 17 heavy (non-hydrogen) atoms. The van der Waals surface area contributed by atoms with E-state index in [1.54, 1.807) is 9.80 Å². The standard InChI is InChI=1S/C10H16ClN3O3/c1-8(11)6-12-10(17)14-4-2-13(3-5-14)7-9(15)16/h1-7H2,(H,12,17)(H,15,16). The van der Waals surface area contributed by atoms with E-state index in [-0.39, 0.29) is 19.1 Å². The maximum absolute atomic E-state index is 11.6. The monoisotopic (exact) mass is 261 g/mol. The highest BCUT2D eigenvalue weighted by Crippen LogP contribution is 2.02. The van der Waals surface area contributed by atoms with Crippen molar-refractivity contribution in [2.75, 3.05) is 39.3 Å². The van der Waals surface area contributed by atoms with Gasteiger partial charge in [-0.25, -0.2) is 4.79 Å². The molecule has 0 aromatic rings. The predicted octanol–water partition coefficient (Wildman–Crippen LogP) is 0.151. The molecule has 0 aromatic carbocycles. The van der Waals surface area contributed by atoms with E-state index in [1.807, 2.05) is 0 Å². The van der Waals surface area contributed by atoms with Gasteiger partial charge in [0.15, 0.2) is 0 Å². The van der Waals surface area contributed by atoms with Crippen molar-refractivity contribution in [3.8, 4) is 0 Å². The Morgan fingerprint density at radius 3 is 2.35 bits per heavy atom. The zero-order chi connectivity index (χ0) is 12.8. The van der Waals surface area contributed by atoms with Crippen molar-refractivity contribution in [1.82, 2.24) is 15.1 Å². The van der Waals surface area contributed by atoms with Gasteiger partial charge in [-0.2, -0.15) is 0 Å². The first kappa shape index (κ1) is 13.8. The number of halogens is 1. The number of rotatable bonds is 4. The smallest absolute Gasteiger partial charge is 0.317 e. The second-order valence-corrected chi connectivity index (χ2v) is 4.37. The molecule has 1 aliphatic heterocycles. The number of carbonyl (C=O) groups excluding carboxylic acids is 1. The minimum atomic E-state index is -0.846. The number of carbonyl (C=O) groups is 2. The second-order valence-electron chi connectivity index (χ2n) is 3.83. The van der Waals surface area contributed by atoms with Gasteiger partial charge in [-0.3, -0.25) is 9.69 Å². The van der Waals surface area contributed by atoms with Crippen molar-refractivity contribution in [2.45, 2.75) is 0 Å². The summed E-state index contributed by atoms with van der Waals surface area (Å²) in [4.78, 5) is 25.5. The van der Waals surface area contributed by atoms with Crippen LogP contribution in [0.25, 0.3) is 0 Å². The molecule has 7 heteroatoms. The third kappa shape index (κ3) is 5.06. The van der Waals surface area contributed by atoms with Crippen LogP contribution in [0.2, 0.25) is 0 Å². The van der Waals surface area contributed by atoms with E-state index in [4.69, 9.17) is 16.7 Å². The van der Waals surface area contributed by atoms with Crippen LogP contribution in [0.1, 0.15) is 0 Å². The number of hydrogen-bond acceptors (Lipinski definition) is 3. The molecule has 0 atom stereocenters. The lowest BCUT2D eigenvalue weighted by Gasteiger charge is -2.33. The second kappa shape index (κ2) is 6.46. The molecule has 1 rings (SSSR count). The summed E-state index contributed by atoms with van der Waals surface area (Å²) in [5, 5.41) is 11.6. The SMILES string of the molecule is C=C(Cl)CNC(=O)N1CCN(CC(=O)O)CC1. The summed E-state index contributed by atoms with van der Waals surface area (Å²) in [6, 6.07) is -0.193. The molecule has 0 radical (unpaired) electrons. The predicted molar refractivity (Wildman–Crippen MR) is 64.0 cm³/mol. The Kier molecular flexibility index (Phi) is 5.24. The number of piperazine rings is 1. The van der Waals surface area contributed by atoms with E-state index < -0.39 is 5.97 Å². The van der Waals surface area contributed by atoms with Gasteiger partial charge < -0.3 is 15.3 Å². The summed E-state index contributed by atoms with van der Waals surface area (Å²) in [6.45, 7) is 5.93. The highest BCUT2D eigenvalue weighted by molar-refractivity contribution is 6.29. The Labute approximate surface area is 105 Å². The number of carboxylic acids is 1. The largest absolute Gasteiger partial charge is 0.480 e. The average Bonchev–Trinajstić information content (AvgIpc) is 2.26. The van der Waals surface area contributed by atoms with Gasteiger partial charge in [-0.15, -0.1) is 0 Å². The molecule has 6 nitrogen and oxygen atoms in total. The Hall–Kier alpha value is -1.27. The van der Waals surface area contributed by atoms with Crippen molar-refractivity contribution in [1.29, 1.82) is 0 Å². The lowest BCUT2D eigenvalue weighted by atomic mass is 10.3. The molecule has 0 saturated carbocycles. The van der Waals surface area contributed by atoms with E-state index >= 15 is 0 Å². The lowest BCUT2D eigenvalue weighted by Crippen LogP contribution is -2.52. The van der Waals surface area contributed by atoms with Gasteiger partial charge in [0.05, 0.1) is 13.1 Å². The van der Waals surface area contributed by atoms with Crippen LogP contribution in [-0.4, -0.2) is 66.2 Å². The summed E-state index contributed by atoms with van der Waals surface area (Å²) in [6.07, 6.45) is 0. The molecule has 1 fully saturated rings. The highest BCUT2D eigenvalue weighted by Gasteiger charge is 2.21. The third-order valence-electron chi connectivity index (χ3n) is 2.45. The van der Waals surface area contributed by atoms with Crippen LogP contribution >= 0.6 is 11.6 Å². The van der Waals surface area contributed by atoms with E-state index in [0.29, 0.717) is 31.2 Å². The lowest BCUT2D eigenvalue weighted by molar-refractivity contribution is -0.138. The van der Waals surface area contributed by atoms with Crippen LogP contribution in [-0.2, 0) is 4.79 Å². The first-order valence-corrected chi connectivity index (χ1v) is 5.67. The maximum atomic E-state index is 11.6. The number of nitrogens with one attached hydrogen (secondary N) is 1. The molecular formula is C10H16ClN3O3. The van der Waals surface area contributed by atoms with E-state index in [1.165, 1.54) is 0 Å². The quantitative estimate of drug-likeness (QED) is 0.756. The number of hydrogen-bond donors (Lipinski definition) is 2. The fourth-order valence-corrected chi connectivity index (χ4v) is 1.65. The van der Waals surface area contributed by atoms with Crippen LogP contribution in [0, 0.1) is 0 Å². The Bertz CT molecular complexity index is 314. The van der Waals surface area contributed by atoms with Gasteiger partial charge in [0.1, 0.15) is 0 Å². The highest BCUT2D eigenvalue weighted by atomic mass is 35.5. The number of urea groups is 1. The fourth-order valence-electron chi connectivity index (χ4n) is 1.58. The van der Waals surface area contributed by atoms with E-state index in [2.05, 4.69) is 11.9 Å². The Morgan fingerprint density at radius 2 is 1.88 bits per heavy atom. The number of aliphatic carboxylic acids is 1. The van der Waals surface area contributed by atoms with Crippen LogP contribution in [0.3, 0.4) is 0 Å². The summed E-state index contributed by atoms with van der Waals surface area (Å²) in [7, 11) is 0. The van der Waals surface area contributed by atoms with Gasteiger partial charge in [0.2, 0.25) is 0 Å². The van der Waals surface area contributed by atoms with Gasteiger partial charge in [0.25, 0.3) is 0 Å². The van der Waals surface area contributed by atoms with Crippen LogP contribution in [0.4, 0.5) is 4.79 Å². The van der Waals surface area contributed by atoms with Crippen LogP contribution < -0.4 is 5.32 Å². The maximum Gasteiger partial charge on any atom is 0.317 e. The number of carboxylic acid groups (broad SMARTS) is 1. The Balaban J connectivity index is 2.28. The number of nitrogens with zero attached hydrogens (tertiary/aromatic N) is 2. The molecule has 0 spiro atoms. The molecule has 96 valence electrons. The molecule has 2 N–H and O–H groups in total. The van der Waals surface area contributed by atoms with Gasteiger partial charge in [-0.05, 0) is 0 Å². The fraction of sp³-hybridized carbons (Fsp3) is 0.600. The molecule has 0 aliphatic carbocycles. The Morgan fingerprint density at radius 1 is 1.29 bits per heavy atom. The van der Waals surface area contributed by atoms with Crippen molar-refractivity contribution in [2.24, 2.45) is 0 Å². The molecule has 2 amide bonds. The zero-order valence-corrected chi connectivity index (χ0v) is 10.2. The molecule has 0 bridgehead atoms. The molecule has 0 unspecified atom stereocenters. The minimum Gasteiger partial charge on any atom is -0.480 e. The molecular weight excluding hydrogens is 246 g/mol. The van der Waals surface area contributed by atoms with Crippen molar-refractivity contribution in [3.63, 3.8) is 0 Å². The normalized spacial score (nSPS) is 16.6. The van der Waals surface area contributed by atoms with Crippen molar-refractivity contribution < 1.29 is 14.7 Å². The topological polar surface area (TPSA) is 72.9 Å². The zero-order valence-electron chi connectivity index (χ0n) is 9.49. The van der Waals surface area contributed by atoms with Crippen LogP contribution in [0.15, 0.2) is 11.6 Å². The minimum absolute atomic E-state index is 0.0218.